The molecular weight excluding hydrogens is 178 g/mol. The average Bonchev–Trinajstić information content (AvgIpc) is 2.19. The number of para-hydroxylation sites is 1. The smallest absolute Gasteiger partial charge is 0.242 e. The topological polar surface area (TPSA) is 49.6 Å². The van der Waals surface area contributed by atoms with Crippen molar-refractivity contribution in [3.63, 3.8) is 0 Å². The van der Waals surface area contributed by atoms with E-state index in [4.69, 9.17) is 5.84 Å². The maximum absolute atomic E-state index is 11.6. The first-order valence-electron chi connectivity index (χ1n) is 4.62. The lowest BCUT2D eigenvalue weighted by molar-refractivity contribution is -0.121. The Morgan fingerprint density at radius 2 is 1.86 bits per heavy atom. The Kier molecular flexibility index (Phi) is 2.47. The lowest BCUT2D eigenvalue weighted by Crippen LogP contribution is -2.53. The average molecular weight is 191 g/mol. The molecule has 0 radical (unpaired) electrons. The van der Waals surface area contributed by atoms with E-state index in [1.54, 1.807) is 9.91 Å². The Labute approximate surface area is 82.9 Å². The van der Waals surface area contributed by atoms with E-state index in [0.717, 1.165) is 12.2 Å². The number of rotatable bonds is 1. The quantitative estimate of drug-likeness (QED) is 0.645. The number of carbonyl (C=O) groups excluding carboxylic acids is 1. The van der Waals surface area contributed by atoms with Gasteiger partial charge in [0.2, 0.25) is 5.91 Å². The number of amides is 1. The second-order valence-corrected chi connectivity index (χ2v) is 3.35. The molecule has 0 unspecified atom stereocenters. The molecular formula is C10H13N3O. The minimum absolute atomic E-state index is 0.0601. The van der Waals surface area contributed by atoms with Crippen molar-refractivity contribution in [3.8, 4) is 0 Å². The van der Waals surface area contributed by atoms with Crippen LogP contribution in [0.4, 0.5) is 5.69 Å². The molecule has 0 aromatic heterocycles. The molecule has 1 fully saturated rings. The van der Waals surface area contributed by atoms with Gasteiger partial charge in [0, 0.05) is 18.8 Å². The van der Waals surface area contributed by atoms with Crippen LogP contribution in [0.25, 0.3) is 0 Å². The highest BCUT2D eigenvalue weighted by Gasteiger charge is 2.22. The molecule has 4 nitrogen and oxygen atoms in total. The number of hydrogen-bond donors (Lipinski definition) is 1. The molecule has 1 aromatic carbocycles. The van der Waals surface area contributed by atoms with E-state index in [1.165, 1.54) is 0 Å². The van der Waals surface area contributed by atoms with E-state index in [2.05, 4.69) is 0 Å². The molecule has 4 heteroatoms. The van der Waals surface area contributed by atoms with Crippen molar-refractivity contribution in [1.82, 2.24) is 5.01 Å². The fourth-order valence-corrected chi connectivity index (χ4v) is 1.57. The van der Waals surface area contributed by atoms with Crippen LogP contribution in [0.2, 0.25) is 0 Å². The Bertz CT molecular complexity index is 325. The zero-order valence-corrected chi connectivity index (χ0v) is 7.89. The predicted octanol–water partition coefficient (Wildman–Crippen LogP) is 0.209. The number of carbonyl (C=O) groups is 1. The van der Waals surface area contributed by atoms with Gasteiger partial charge in [0.25, 0.3) is 0 Å². The first kappa shape index (κ1) is 9.18. The van der Waals surface area contributed by atoms with Crippen LogP contribution in [0.15, 0.2) is 30.3 Å². The van der Waals surface area contributed by atoms with Crippen molar-refractivity contribution in [2.45, 2.75) is 0 Å². The molecule has 0 aliphatic carbocycles. The Morgan fingerprint density at radius 3 is 2.50 bits per heavy atom. The van der Waals surface area contributed by atoms with Crippen molar-refractivity contribution < 1.29 is 4.79 Å². The molecule has 1 aliphatic heterocycles. The van der Waals surface area contributed by atoms with E-state index >= 15 is 0 Å². The van der Waals surface area contributed by atoms with Gasteiger partial charge in [-0.2, -0.15) is 0 Å². The van der Waals surface area contributed by atoms with Gasteiger partial charge in [-0.05, 0) is 12.1 Å². The highest BCUT2D eigenvalue weighted by molar-refractivity contribution is 5.95. The number of anilines is 1. The van der Waals surface area contributed by atoms with Gasteiger partial charge >= 0.3 is 0 Å². The molecule has 1 saturated heterocycles. The number of hydrogen-bond acceptors (Lipinski definition) is 3. The van der Waals surface area contributed by atoms with Crippen molar-refractivity contribution in [2.75, 3.05) is 24.5 Å². The predicted molar refractivity (Wildman–Crippen MR) is 54.6 cm³/mol. The summed E-state index contributed by atoms with van der Waals surface area (Å²) in [5.41, 5.74) is 0.950. The van der Waals surface area contributed by atoms with Crippen molar-refractivity contribution in [2.24, 2.45) is 5.84 Å². The van der Waals surface area contributed by atoms with E-state index in [-0.39, 0.29) is 5.91 Å². The second kappa shape index (κ2) is 3.77. The van der Waals surface area contributed by atoms with Crippen molar-refractivity contribution in [1.29, 1.82) is 0 Å². The SMILES string of the molecule is NN1CCN(c2ccccc2)C(=O)C1. The summed E-state index contributed by atoms with van der Waals surface area (Å²) in [7, 11) is 0. The molecule has 1 heterocycles. The fourth-order valence-electron chi connectivity index (χ4n) is 1.57. The maximum atomic E-state index is 11.6. The van der Waals surface area contributed by atoms with E-state index in [0.29, 0.717) is 13.1 Å². The van der Waals surface area contributed by atoms with Crippen LogP contribution in [-0.4, -0.2) is 30.6 Å². The first-order chi connectivity index (χ1) is 6.77. The summed E-state index contributed by atoms with van der Waals surface area (Å²) in [6.07, 6.45) is 0. The summed E-state index contributed by atoms with van der Waals surface area (Å²) in [6.45, 7) is 1.69. The Hall–Kier alpha value is -1.39. The van der Waals surface area contributed by atoms with Crippen LogP contribution < -0.4 is 10.7 Å². The highest BCUT2D eigenvalue weighted by atomic mass is 16.2. The molecule has 1 aromatic rings. The summed E-state index contributed by atoms with van der Waals surface area (Å²) in [6, 6.07) is 9.66. The lowest BCUT2D eigenvalue weighted by atomic mass is 10.2. The third-order valence-electron chi connectivity index (χ3n) is 2.32. The van der Waals surface area contributed by atoms with E-state index < -0.39 is 0 Å². The Morgan fingerprint density at radius 1 is 1.14 bits per heavy atom. The molecule has 1 amide bonds. The van der Waals surface area contributed by atoms with Crippen LogP contribution in [0, 0.1) is 0 Å². The number of benzene rings is 1. The van der Waals surface area contributed by atoms with Gasteiger partial charge in [0.15, 0.2) is 0 Å². The van der Waals surface area contributed by atoms with Gasteiger partial charge in [-0.25, -0.2) is 5.01 Å². The lowest BCUT2D eigenvalue weighted by Gasteiger charge is -2.31. The molecule has 2 rings (SSSR count). The third kappa shape index (κ3) is 1.76. The summed E-state index contributed by atoms with van der Waals surface area (Å²) in [4.78, 5) is 13.4. The zero-order valence-electron chi connectivity index (χ0n) is 7.89. The van der Waals surface area contributed by atoms with Gasteiger partial charge in [-0.15, -0.1) is 0 Å². The minimum atomic E-state index is 0.0601. The molecule has 0 bridgehead atoms. The van der Waals surface area contributed by atoms with Crippen molar-refractivity contribution in [3.05, 3.63) is 30.3 Å². The van der Waals surface area contributed by atoms with Crippen LogP contribution in [0.3, 0.4) is 0 Å². The molecule has 14 heavy (non-hydrogen) atoms. The van der Waals surface area contributed by atoms with Gasteiger partial charge in [0.05, 0.1) is 6.54 Å². The monoisotopic (exact) mass is 191 g/mol. The summed E-state index contributed by atoms with van der Waals surface area (Å²) >= 11 is 0. The Balaban J connectivity index is 2.16. The molecule has 1 aliphatic rings. The number of hydrazine groups is 1. The molecule has 0 spiro atoms. The van der Waals surface area contributed by atoms with Crippen LogP contribution in [-0.2, 0) is 4.79 Å². The summed E-state index contributed by atoms with van der Waals surface area (Å²) < 4.78 is 0. The third-order valence-corrected chi connectivity index (χ3v) is 2.32. The largest absolute Gasteiger partial charge is 0.310 e. The zero-order chi connectivity index (χ0) is 9.97. The van der Waals surface area contributed by atoms with Crippen molar-refractivity contribution >= 4 is 11.6 Å². The summed E-state index contributed by atoms with van der Waals surface area (Å²) in [5.74, 6) is 5.61. The maximum Gasteiger partial charge on any atom is 0.242 e. The van der Waals surface area contributed by atoms with Gasteiger partial charge in [0.1, 0.15) is 0 Å². The molecule has 2 N–H and O–H groups in total. The molecule has 0 saturated carbocycles. The number of piperazine rings is 1. The normalized spacial score (nSPS) is 18.6. The van der Waals surface area contributed by atoms with Gasteiger partial charge < -0.3 is 4.90 Å². The second-order valence-electron chi connectivity index (χ2n) is 3.35. The first-order valence-corrected chi connectivity index (χ1v) is 4.62. The standard InChI is InChI=1S/C10H13N3O/c11-12-6-7-13(10(14)8-12)9-4-2-1-3-5-9/h1-5H,6-8,11H2. The number of nitrogens with two attached hydrogens (primary N) is 1. The van der Waals surface area contributed by atoms with Crippen LogP contribution >= 0.6 is 0 Å². The molecule has 74 valence electrons. The van der Waals surface area contributed by atoms with Crippen LogP contribution in [0.1, 0.15) is 0 Å². The van der Waals surface area contributed by atoms with Gasteiger partial charge in [-0.3, -0.25) is 10.6 Å². The van der Waals surface area contributed by atoms with E-state index in [1.807, 2.05) is 30.3 Å². The molecule has 0 atom stereocenters. The highest BCUT2D eigenvalue weighted by Crippen LogP contribution is 2.15. The summed E-state index contributed by atoms with van der Waals surface area (Å²) in [5, 5.41) is 1.54. The fraction of sp³-hybridized carbons (Fsp3) is 0.300. The number of nitrogens with zero attached hydrogens (tertiary/aromatic N) is 2. The minimum Gasteiger partial charge on any atom is -0.310 e. The van der Waals surface area contributed by atoms with E-state index in [9.17, 15) is 4.79 Å². The van der Waals surface area contributed by atoms with Gasteiger partial charge in [-0.1, -0.05) is 18.2 Å². The van der Waals surface area contributed by atoms with Crippen LogP contribution in [0.5, 0.6) is 0 Å².